The lowest BCUT2D eigenvalue weighted by Crippen LogP contribution is -2.05. The van der Waals surface area contributed by atoms with Crippen molar-refractivity contribution in [1.82, 2.24) is 10.1 Å². The highest BCUT2D eigenvalue weighted by atomic mass is 79.9. The van der Waals surface area contributed by atoms with Gasteiger partial charge in [0.15, 0.2) is 0 Å². The van der Waals surface area contributed by atoms with Gasteiger partial charge in [-0.1, -0.05) is 12.1 Å². The molecule has 0 saturated heterocycles. The van der Waals surface area contributed by atoms with Crippen LogP contribution in [0.25, 0.3) is 11.5 Å². The molecule has 20 heavy (non-hydrogen) atoms. The molecule has 1 atom stereocenters. The van der Waals surface area contributed by atoms with E-state index in [1.54, 1.807) is 6.92 Å². The summed E-state index contributed by atoms with van der Waals surface area (Å²) in [7, 11) is 0. The average molecular weight is 351 g/mol. The number of hydrogen-bond acceptors (Lipinski definition) is 4. The molecule has 1 N–H and O–H groups in total. The lowest BCUT2D eigenvalue weighted by atomic mass is 10.1. The Bertz CT molecular complexity index is 613. The maximum Gasteiger partial charge on any atom is 0.416 e. The van der Waals surface area contributed by atoms with E-state index in [2.05, 4.69) is 26.1 Å². The molecular formula is C12H10BrF3N2O2. The van der Waals surface area contributed by atoms with E-state index in [0.717, 1.165) is 12.1 Å². The predicted molar refractivity (Wildman–Crippen MR) is 67.7 cm³/mol. The molecule has 0 spiro atoms. The molecular weight excluding hydrogens is 341 g/mol. The number of rotatable bonds is 3. The highest BCUT2D eigenvalue weighted by molar-refractivity contribution is 9.10. The summed E-state index contributed by atoms with van der Waals surface area (Å²) >= 11 is 3.14. The van der Waals surface area contributed by atoms with Crippen molar-refractivity contribution in [3.05, 3.63) is 34.1 Å². The fourth-order valence-corrected chi connectivity index (χ4v) is 1.94. The molecule has 0 aliphatic rings. The number of aromatic nitrogens is 2. The van der Waals surface area contributed by atoms with Crippen LogP contribution in [-0.2, 0) is 6.18 Å². The van der Waals surface area contributed by atoms with Crippen LogP contribution in [0.4, 0.5) is 13.2 Å². The topological polar surface area (TPSA) is 59.2 Å². The van der Waals surface area contributed by atoms with Gasteiger partial charge in [-0.15, -0.1) is 0 Å². The van der Waals surface area contributed by atoms with Crippen LogP contribution in [0.3, 0.4) is 0 Å². The zero-order chi connectivity index (χ0) is 14.9. The molecule has 1 aromatic carbocycles. The van der Waals surface area contributed by atoms with Crippen molar-refractivity contribution in [3.63, 3.8) is 0 Å². The van der Waals surface area contributed by atoms with Crippen LogP contribution < -0.4 is 0 Å². The minimum Gasteiger partial charge on any atom is -0.385 e. The van der Waals surface area contributed by atoms with E-state index >= 15 is 0 Å². The third-order valence-electron chi connectivity index (χ3n) is 2.65. The number of halogens is 4. The number of benzene rings is 1. The van der Waals surface area contributed by atoms with Gasteiger partial charge in [-0.05, 0) is 40.5 Å². The molecule has 108 valence electrons. The summed E-state index contributed by atoms with van der Waals surface area (Å²) in [4.78, 5) is 3.91. The van der Waals surface area contributed by atoms with Gasteiger partial charge >= 0.3 is 6.18 Å². The zero-order valence-corrected chi connectivity index (χ0v) is 11.9. The highest BCUT2D eigenvalue weighted by Gasteiger charge is 2.31. The third-order valence-corrected chi connectivity index (χ3v) is 3.34. The van der Waals surface area contributed by atoms with E-state index in [0.29, 0.717) is 10.9 Å². The smallest absolute Gasteiger partial charge is 0.385 e. The monoisotopic (exact) mass is 350 g/mol. The maximum atomic E-state index is 12.7. The van der Waals surface area contributed by atoms with Crippen LogP contribution >= 0.6 is 15.9 Å². The Morgan fingerprint density at radius 1 is 1.40 bits per heavy atom. The first-order valence-electron chi connectivity index (χ1n) is 5.71. The Balaban J connectivity index is 2.44. The normalized spacial score (nSPS) is 13.5. The summed E-state index contributed by atoms with van der Waals surface area (Å²) < 4.78 is 43.3. The molecule has 1 aromatic heterocycles. The molecule has 0 aliphatic carbocycles. The number of aliphatic hydroxyl groups excluding tert-OH is 1. The van der Waals surface area contributed by atoms with Gasteiger partial charge < -0.3 is 9.63 Å². The average Bonchev–Trinajstić information content (AvgIpc) is 2.86. The van der Waals surface area contributed by atoms with Gasteiger partial charge in [-0.3, -0.25) is 0 Å². The molecule has 0 saturated carbocycles. The number of alkyl halides is 3. The summed E-state index contributed by atoms with van der Waals surface area (Å²) in [6.45, 7) is 1.72. The Morgan fingerprint density at radius 2 is 2.10 bits per heavy atom. The number of hydrogen-bond donors (Lipinski definition) is 1. The largest absolute Gasteiger partial charge is 0.416 e. The van der Waals surface area contributed by atoms with Crippen molar-refractivity contribution in [3.8, 4) is 11.5 Å². The van der Waals surface area contributed by atoms with E-state index in [-0.39, 0.29) is 17.3 Å². The lowest BCUT2D eigenvalue weighted by Gasteiger charge is -2.08. The van der Waals surface area contributed by atoms with Crippen LogP contribution in [0.2, 0.25) is 0 Å². The van der Waals surface area contributed by atoms with Gasteiger partial charge in [-0.25, -0.2) is 0 Å². The summed E-state index contributed by atoms with van der Waals surface area (Å²) in [5.74, 6) is -0.0303. The molecule has 2 aromatic rings. The van der Waals surface area contributed by atoms with Crippen LogP contribution in [0.5, 0.6) is 0 Å². The summed E-state index contributed by atoms with van der Waals surface area (Å²) in [5, 5.41) is 13.1. The molecule has 2 rings (SSSR count). The molecule has 8 heteroatoms. The van der Waals surface area contributed by atoms with E-state index in [9.17, 15) is 18.3 Å². The van der Waals surface area contributed by atoms with Crippen molar-refractivity contribution < 1.29 is 22.8 Å². The van der Waals surface area contributed by atoms with Crippen LogP contribution in [0.15, 0.2) is 27.2 Å². The number of aliphatic hydroxyl groups is 1. The first-order chi connectivity index (χ1) is 9.32. The van der Waals surface area contributed by atoms with Crippen molar-refractivity contribution in [2.24, 2.45) is 0 Å². The third kappa shape index (κ3) is 3.01. The van der Waals surface area contributed by atoms with Gasteiger partial charge in [0, 0.05) is 4.47 Å². The van der Waals surface area contributed by atoms with Gasteiger partial charge in [0.25, 0.3) is 5.89 Å². The van der Waals surface area contributed by atoms with Crippen LogP contribution in [-0.4, -0.2) is 15.2 Å². The summed E-state index contributed by atoms with van der Waals surface area (Å²) in [6, 6.07) is 3.13. The Hall–Kier alpha value is -1.41. The summed E-state index contributed by atoms with van der Waals surface area (Å²) in [6.07, 6.45) is -4.98. The first kappa shape index (κ1) is 15.0. The van der Waals surface area contributed by atoms with E-state index in [4.69, 9.17) is 4.52 Å². The maximum absolute atomic E-state index is 12.7. The molecule has 1 heterocycles. The van der Waals surface area contributed by atoms with Crippen molar-refractivity contribution >= 4 is 15.9 Å². The Kier molecular flexibility index (Phi) is 4.14. The molecule has 4 nitrogen and oxygen atoms in total. The second-order valence-corrected chi connectivity index (χ2v) is 4.93. The summed E-state index contributed by atoms with van der Waals surface area (Å²) in [5.41, 5.74) is -0.687. The minimum atomic E-state index is -4.46. The van der Waals surface area contributed by atoms with Crippen molar-refractivity contribution in [1.29, 1.82) is 0 Å². The van der Waals surface area contributed by atoms with Crippen molar-refractivity contribution in [2.45, 2.75) is 25.6 Å². The zero-order valence-electron chi connectivity index (χ0n) is 10.3. The molecule has 0 fully saturated rings. The molecule has 0 bridgehead atoms. The van der Waals surface area contributed by atoms with Gasteiger partial charge in [0.2, 0.25) is 5.82 Å². The molecule has 0 radical (unpaired) electrons. The standard InChI is InChI=1S/C12H10BrF3N2O2/c1-2-9(19)10-17-11(20-18-10)7-5-6(12(14,15)16)3-4-8(7)13/h3-5,9,19H,2H2,1H3. The van der Waals surface area contributed by atoms with E-state index < -0.39 is 17.8 Å². The highest BCUT2D eigenvalue weighted by Crippen LogP contribution is 2.35. The fraction of sp³-hybridized carbons (Fsp3) is 0.333. The minimum absolute atomic E-state index is 0.0480. The fourth-order valence-electron chi connectivity index (χ4n) is 1.53. The number of nitrogens with zero attached hydrogens (tertiary/aromatic N) is 2. The molecule has 0 amide bonds. The molecule has 1 unspecified atom stereocenters. The SMILES string of the molecule is CCC(O)c1noc(-c2cc(C(F)(F)F)ccc2Br)n1. The Labute approximate surface area is 120 Å². The second kappa shape index (κ2) is 5.53. The molecule has 0 aliphatic heterocycles. The Morgan fingerprint density at radius 3 is 2.70 bits per heavy atom. The van der Waals surface area contributed by atoms with Gasteiger partial charge in [0.05, 0.1) is 11.1 Å². The van der Waals surface area contributed by atoms with Crippen molar-refractivity contribution in [2.75, 3.05) is 0 Å². The predicted octanol–water partition coefficient (Wildman–Crippen LogP) is 3.96. The quantitative estimate of drug-likeness (QED) is 0.909. The first-order valence-corrected chi connectivity index (χ1v) is 6.51. The van der Waals surface area contributed by atoms with Crippen LogP contribution in [0.1, 0.15) is 30.8 Å². The van der Waals surface area contributed by atoms with E-state index in [1.165, 1.54) is 6.07 Å². The van der Waals surface area contributed by atoms with E-state index in [1.807, 2.05) is 0 Å². The lowest BCUT2D eigenvalue weighted by molar-refractivity contribution is -0.137. The van der Waals surface area contributed by atoms with Gasteiger partial charge in [-0.2, -0.15) is 18.2 Å². The van der Waals surface area contributed by atoms with Crippen LogP contribution in [0, 0.1) is 0 Å². The van der Waals surface area contributed by atoms with Gasteiger partial charge in [0.1, 0.15) is 6.10 Å². The second-order valence-electron chi connectivity index (χ2n) is 4.07.